The minimum absolute atomic E-state index is 0.397. The average molecular weight is 199 g/mol. The molecule has 14 heavy (non-hydrogen) atoms. The minimum atomic E-state index is -0.510. The van der Waals surface area contributed by atoms with Gasteiger partial charge in [-0.25, -0.2) is 8.78 Å². The second kappa shape index (κ2) is 5.05. The first kappa shape index (κ1) is 11.1. The molecule has 1 aromatic carbocycles. The van der Waals surface area contributed by atoms with Crippen LogP contribution in [0.1, 0.15) is 19.4 Å². The van der Waals surface area contributed by atoms with Gasteiger partial charge in [-0.1, -0.05) is 13.8 Å². The Morgan fingerprint density at radius 3 is 2.21 bits per heavy atom. The van der Waals surface area contributed by atoms with E-state index in [1.54, 1.807) is 0 Å². The van der Waals surface area contributed by atoms with Crippen LogP contribution < -0.4 is 5.32 Å². The average Bonchev–Trinajstić information content (AvgIpc) is 2.01. The third kappa shape index (κ3) is 3.83. The molecule has 0 fully saturated rings. The number of hydrogen-bond donors (Lipinski definition) is 1. The zero-order chi connectivity index (χ0) is 10.6. The van der Waals surface area contributed by atoms with Crippen LogP contribution in [0.25, 0.3) is 0 Å². The van der Waals surface area contributed by atoms with E-state index in [9.17, 15) is 8.78 Å². The Morgan fingerprint density at radius 1 is 1.14 bits per heavy atom. The predicted molar refractivity (Wildman–Crippen MR) is 53.2 cm³/mol. The highest BCUT2D eigenvalue weighted by molar-refractivity contribution is 5.18. The highest BCUT2D eigenvalue weighted by atomic mass is 19.1. The van der Waals surface area contributed by atoms with E-state index in [0.29, 0.717) is 18.0 Å². The maximum absolute atomic E-state index is 12.8. The first-order chi connectivity index (χ1) is 6.58. The van der Waals surface area contributed by atoms with Gasteiger partial charge >= 0.3 is 0 Å². The molecular formula is C11H15F2N. The maximum atomic E-state index is 12.8. The molecular weight excluding hydrogens is 184 g/mol. The van der Waals surface area contributed by atoms with Gasteiger partial charge in [0, 0.05) is 12.1 Å². The zero-order valence-electron chi connectivity index (χ0n) is 8.48. The number of halogens is 2. The summed E-state index contributed by atoms with van der Waals surface area (Å²) in [6.07, 6.45) is 0.646. The van der Waals surface area contributed by atoms with E-state index in [2.05, 4.69) is 5.32 Å². The van der Waals surface area contributed by atoms with E-state index in [1.807, 2.05) is 13.8 Å². The fraction of sp³-hybridized carbons (Fsp3) is 0.455. The predicted octanol–water partition coefficient (Wildman–Crippen LogP) is 2.51. The van der Waals surface area contributed by atoms with Gasteiger partial charge in [0.25, 0.3) is 0 Å². The number of nitrogens with one attached hydrogen (secondary N) is 1. The van der Waals surface area contributed by atoms with Crippen molar-refractivity contribution < 1.29 is 8.78 Å². The van der Waals surface area contributed by atoms with Gasteiger partial charge in [0.05, 0.1) is 0 Å². The Balaban J connectivity index is 2.50. The molecule has 0 amide bonds. The van der Waals surface area contributed by atoms with Gasteiger partial charge in [0.1, 0.15) is 11.6 Å². The van der Waals surface area contributed by atoms with E-state index < -0.39 is 11.6 Å². The molecule has 0 saturated carbocycles. The highest BCUT2D eigenvalue weighted by Gasteiger charge is 2.00. The SMILES string of the molecule is CC(C)NCCc1cc(F)cc(F)c1. The van der Waals surface area contributed by atoms with Crippen molar-refractivity contribution in [1.82, 2.24) is 5.32 Å². The molecule has 1 aromatic rings. The normalized spacial score (nSPS) is 10.9. The molecule has 0 aliphatic rings. The van der Waals surface area contributed by atoms with Crippen LogP contribution in [0.15, 0.2) is 18.2 Å². The third-order valence-electron chi connectivity index (χ3n) is 1.89. The van der Waals surface area contributed by atoms with Crippen LogP contribution in [-0.4, -0.2) is 12.6 Å². The highest BCUT2D eigenvalue weighted by Crippen LogP contribution is 2.08. The van der Waals surface area contributed by atoms with Crippen molar-refractivity contribution in [1.29, 1.82) is 0 Å². The van der Waals surface area contributed by atoms with Crippen molar-refractivity contribution >= 4 is 0 Å². The molecule has 78 valence electrons. The lowest BCUT2D eigenvalue weighted by molar-refractivity contribution is 0.569. The van der Waals surface area contributed by atoms with Gasteiger partial charge in [-0.3, -0.25) is 0 Å². The van der Waals surface area contributed by atoms with Crippen LogP contribution in [-0.2, 0) is 6.42 Å². The van der Waals surface area contributed by atoms with Crippen LogP contribution in [0.4, 0.5) is 8.78 Å². The van der Waals surface area contributed by atoms with Crippen molar-refractivity contribution in [2.24, 2.45) is 0 Å². The maximum Gasteiger partial charge on any atom is 0.126 e. The summed E-state index contributed by atoms with van der Waals surface area (Å²) in [5, 5.41) is 3.19. The summed E-state index contributed by atoms with van der Waals surface area (Å²) in [6, 6.07) is 4.02. The van der Waals surface area contributed by atoms with Gasteiger partial charge < -0.3 is 5.32 Å². The van der Waals surface area contributed by atoms with Gasteiger partial charge in [0.15, 0.2) is 0 Å². The van der Waals surface area contributed by atoms with E-state index >= 15 is 0 Å². The summed E-state index contributed by atoms with van der Waals surface area (Å²) in [7, 11) is 0. The molecule has 0 unspecified atom stereocenters. The van der Waals surface area contributed by atoms with E-state index in [4.69, 9.17) is 0 Å². The van der Waals surface area contributed by atoms with E-state index in [1.165, 1.54) is 12.1 Å². The lowest BCUT2D eigenvalue weighted by Crippen LogP contribution is -2.24. The standard InChI is InChI=1S/C11H15F2N/c1-8(2)14-4-3-9-5-10(12)7-11(13)6-9/h5-8,14H,3-4H2,1-2H3. The molecule has 0 atom stereocenters. The van der Waals surface area contributed by atoms with Crippen LogP contribution in [0.3, 0.4) is 0 Å². The van der Waals surface area contributed by atoms with Crippen LogP contribution >= 0.6 is 0 Å². The van der Waals surface area contributed by atoms with Crippen molar-refractivity contribution in [3.63, 3.8) is 0 Å². The molecule has 0 aliphatic heterocycles. The lowest BCUT2D eigenvalue weighted by Gasteiger charge is -2.07. The second-order valence-electron chi connectivity index (χ2n) is 3.64. The summed E-state index contributed by atoms with van der Waals surface area (Å²) in [6.45, 7) is 4.80. The zero-order valence-corrected chi connectivity index (χ0v) is 8.48. The third-order valence-corrected chi connectivity index (χ3v) is 1.89. The molecule has 0 aromatic heterocycles. The van der Waals surface area contributed by atoms with Gasteiger partial charge in [-0.2, -0.15) is 0 Å². The number of rotatable bonds is 4. The molecule has 0 heterocycles. The smallest absolute Gasteiger partial charge is 0.126 e. The molecule has 0 bridgehead atoms. The summed E-state index contributed by atoms with van der Waals surface area (Å²) in [5.41, 5.74) is 0.690. The van der Waals surface area contributed by atoms with Crippen molar-refractivity contribution in [2.75, 3.05) is 6.54 Å². The Morgan fingerprint density at radius 2 is 1.71 bits per heavy atom. The van der Waals surface area contributed by atoms with Crippen molar-refractivity contribution in [2.45, 2.75) is 26.3 Å². The minimum Gasteiger partial charge on any atom is -0.314 e. The van der Waals surface area contributed by atoms with E-state index in [0.717, 1.165) is 12.6 Å². The molecule has 0 aliphatic carbocycles. The molecule has 0 spiro atoms. The van der Waals surface area contributed by atoms with Crippen molar-refractivity contribution in [3.8, 4) is 0 Å². The molecule has 1 N–H and O–H groups in total. The Labute approximate surface area is 83.1 Å². The number of hydrogen-bond acceptors (Lipinski definition) is 1. The summed E-state index contributed by atoms with van der Waals surface area (Å²) in [4.78, 5) is 0. The molecule has 1 nitrogen and oxygen atoms in total. The Hall–Kier alpha value is -0.960. The quantitative estimate of drug-likeness (QED) is 0.785. The van der Waals surface area contributed by atoms with Gasteiger partial charge in [0.2, 0.25) is 0 Å². The molecule has 0 saturated heterocycles. The Bertz CT molecular complexity index is 277. The molecule has 0 radical (unpaired) electrons. The topological polar surface area (TPSA) is 12.0 Å². The summed E-state index contributed by atoms with van der Waals surface area (Å²) < 4.78 is 25.5. The monoisotopic (exact) mass is 199 g/mol. The molecule has 1 rings (SSSR count). The van der Waals surface area contributed by atoms with Crippen molar-refractivity contribution in [3.05, 3.63) is 35.4 Å². The van der Waals surface area contributed by atoms with Crippen LogP contribution in [0, 0.1) is 11.6 Å². The molecule has 3 heteroatoms. The van der Waals surface area contributed by atoms with Crippen LogP contribution in [0.5, 0.6) is 0 Å². The van der Waals surface area contributed by atoms with E-state index in [-0.39, 0.29) is 0 Å². The summed E-state index contributed by atoms with van der Waals surface area (Å²) in [5.74, 6) is -1.02. The second-order valence-corrected chi connectivity index (χ2v) is 3.64. The van der Waals surface area contributed by atoms with Gasteiger partial charge in [-0.15, -0.1) is 0 Å². The largest absolute Gasteiger partial charge is 0.314 e. The Kier molecular flexibility index (Phi) is 4.01. The summed E-state index contributed by atoms with van der Waals surface area (Å²) >= 11 is 0. The first-order valence-corrected chi connectivity index (χ1v) is 4.76. The lowest BCUT2D eigenvalue weighted by atomic mass is 10.1. The van der Waals surface area contributed by atoms with Gasteiger partial charge in [-0.05, 0) is 30.7 Å². The number of benzene rings is 1. The fourth-order valence-electron chi connectivity index (χ4n) is 1.26. The fourth-order valence-corrected chi connectivity index (χ4v) is 1.26. The first-order valence-electron chi connectivity index (χ1n) is 4.76. The van der Waals surface area contributed by atoms with Crippen LogP contribution in [0.2, 0.25) is 0 Å².